The maximum absolute atomic E-state index is 12.2. The van der Waals surface area contributed by atoms with Crippen molar-refractivity contribution in [2.24, 2.45) is 0 Å². The number of carbonyl (C=O) groups is 1. The molecule has 0 atom stereocenters. The molecule has 0 spiro atoms. The van der Waals surface area contributed by atoms with Gasteiger partial charge in [-0.15, -0.1) is 11.3 Å². The van der Waals surface area contributed by atoms with E-state index >= 15 is 0 Å². The minimum absolute atomic E-state index is 0.0772. The average molecular weight is 385 g/mol. The molecule has 134 valence electrons. The van der Waals surface area contributed by atoms with Crippen molar-refractivity contribution >= 4 is 50.7 Å². The van der Waals surface area contributed by atoms with Crippen LogP contribution in [0.15, 0.2) is 29.4 Å². The number of anilines is 2. The highest BCUT2D eigenvalue weighted by atomic mass is 32.2. The first-order valence-corrected chi connectivity index (χ1v) is 10.5. The molecule has 0 fully saturated rings. The number of thiophene rings is 1. The molecule has 0 radical (unpaired) electrons. The summed E-state index contributed by atoms with van der Waals surface area (Å²) in [5, 5.41) is 4.48. The van der Waals surface area contributed by atoms with Gasteiger partial charge in [0.25, 0.3) is 0 Å². The second kappa shape index (κ2) is 7.25. The zero-order valence-electron chi connectivity index (χ0n) is 14.5. The zero-order chi connectivity index (χ0) is 18.1. The van der Waals surface area contributed by atoms with Crippen LogP contribution in [-0.2, 0) is 17.6 Å². The maximum atomic E-state index is 12.2. The number of nitrogen functional groups attached to an aromatic ring is 1. The smallest absolute Gasteiger partial charge is 0.234 e. The predicted molar refractivity (Wildman–Crippen MR) is 109 cm³/mol. The van der Waals surface area contributed by atoms with Crippen LogP contribution in [0.25, 0.3) is 10.2 Å². The van der Waals surface area contributed by atoms with Crippen molar-refractivity contribution < 1.29 is 4.79 Å². The molecule has 3 aromatic rings. The van der Waals surface area contributed by atoms with Crippen LogP contribution in [0, 0.1) is 6.92 Å². The minimum atomic E-state index is -0.0772. The third-order valence-electron chi connectivity index (χ3n) is 4.49. The van der Waals surface area contributed by atoms with Crippen LogP contribution in [0.2, 0.25) is 0 Å². The summed E-state index contributed by atoms with van der Waals surface area (Å²) < 4.78 is 0. The molecule has 2 heterocycles. The lowest BCUT2D eigenvalue weighted by Crippen LogP contribution is -2.14. The fourth-order valence-corrected chi connectivity index (χ4v) is 5.17. The Hall–Kier alpha value is -2.12. The number of aromatic nitrogens is 2. The number of aryl methyl sites for hydroxylation is 3. The summed E-state index contributed by atoms with van der Waals surface area (Å²) in [5.41, 5.74) is 9.50. The Kier molecular flexibility index (Phi) is 4.82. The quantitative estimate of drug-likeness (QED) is 0.521. The topological polar surface area (TPSA) is 80.9 Å². The molecule has 0 unspecified atom stereocenters. The first kappa shape index (κ1) is 17.3. The van der Waals surface area contributed by atoms with Crippen LogP contribution in [0.4, 0.5) is 11.5 Å². The number of benzene rings is 1. The van der Waals surface area contributed by atoms with E-state index in [1.54, 1.807) is 11.3 Å². The van der Waals surface area contributed by atoms with E-state index in [9.17, 15) is 4.79 Å². The summed E-state index contributed by atoms with van der Waals surface area (Å²) >= 11 is 3.04. The lowest BCUT2D eigenvalue weighted by molar-refractivity contribution is -0.113. The Bertz CT molecular complexity index is 966. The number of carbonyl (C=O) groups excluding carboxylic acids is 1. The normalized spacial score (nSPS) is 13.6. The highest BCUT2D eigenvalue weighted by molar-refractivity contribution is 7.99. The van der Waals surface area contributed by atoms with Gasteiger partial charge in [-0.25, -0.2) is 9.97 Å². The predicted octanol–water partition coefficient (Wildman–Crippen LogP) is 4.19. The molecule has 0 saturated heterocycles. The summed E-state index contributed by atoms with van der Waals surface area (Å²) in [6.45, 7) is 2.02. The molecule has 26 heavy (non-hydrogen) atoms. The van der Waals surface area contributed by atoms with Gasteiger partial charge in [0.2, 0.25) is 5.91 Å². The molecule has 7 heteroatoms. The summed E-state index contributed by atoms with van der Waals surface area (Å²) in [6, 6.07) is 7.74. The van der Waals surface area contributed by atoms with Crippen molar-refractivity contribution in [1.29, 1.82) is 0 Å². The van der Waals surface area contributed by atoms with E-state index in [1.165, 1.54) is 35.0 Å². The van der Waals surface area contributed by atoms with E-state index in [0.717, 1.165) is 34.3 Å². The number of rotatable bonds is 4. The molecule has 1 aliphatic rings. The van der Waals surface area contributed by atoms with E-state index in [2.05, 4.69) is 15.3 Å². The van der Waals surface area contributed by atoms with Crippen molar-refractivity contribution in [3.8, 4) is 0 Å². The Balaban J connectivity index is 1.47. The SMILES string of the molecule is Cc1ccc(NC(=O)CSc2nc(N)c3c4c(sc3n2)CCCC4)cc1. The third kappa shape index (κ3) is 3.54. The van der Waals surface area contributed by atoms with E-state index < -0.39 is 0 Å². The Morgan fingerprint density at radius 2 is 2.00 bits per heavy atom. The molecule has 1 aliphatic carbocycles. The van der Waals surface area contributed by atoms with Crippen LogP contribution in [-0.4, -0.2) is 21.6 Å². The molecule has 1 amide bonds. The summed E-state index contributed by atoms with van der Waals surface area (Å²) in [4.78, 5) is 23.6. The highest BCUT2D eigenvalue weighted by Gasteiger charge is 2.20. The van der Waals surface area contributed by atoms with Crippen LogP contribution in [0.5, 0.6) is 0 Å². The standard InChI is InChI=1S/C19H20N4OS2/c1-11-6-8-12(9-7-11)21-15(24)10-25-19-22-17(20)16-13-4-2-3-5-14(13)26-18(16)23-19/h6-9H,2-5,10H2,1H3,(H,21,24)(H2,20,22,23). The van der Waals surface area contributed by atoms with Crippen LogP contribution in [0.3, 0.4) is 0 Å². The van der Waals surface area contributed by atoms with Gasteiger partial charge >= 0.3 is 0 Å². The fraction of sp³-hybridized carbons (Fsp3) is 0.316. The summed E-state index contributed by atoms with van der Waals surface area (Å²) in [5.74, 6) is 0.714. The van der Waals surface area contributed by atoms with E-state index in [-0.39, 0.29) is 11.7 Å². The van der Waals surface area contributed by atoms with Crippen LogP contribution >= 0.6 is 23.1 Å². The maximum Gasteiger partial charge on any atom is 0.234 e. The first-order valence-electron chi connectivity index (χ1n) is 8.67. The molecule has 1 aromatic carbocycles. The average Bonchev–Trinajstić information content (AvgIpc) is 3.01. The Morgan fingerprint density at radius 3 is 2.81 bits per heavy atom. The van der Waals surface area contributed by atoms with Gasteiger partial charge in [-0.1, -0.05) is 29.5 Å². The van der Waals surface area contributed by atoms with Gasteiger partial charge in [0.1, 0.15) is 10.6 Å². The van der Waals surface area contributed by atoms with Gasteiger partial charge in [0, 0.05) is 10.6 Å². The van der Waals surface area contributed by atoms with Crippen molar-refractivity contribution in [2.75, 3.05) is 16.8 Å². The molecule has 0 aliphatic heterocycles. The number of hydrogen-bond donors (Lipinski definition) is 2. The monoisotopic (exact) mass is 384 g/mol. The number of amides is 1. The van der Waals surface area contributed by atoms with Gasteiger partial charge in [-0.2, -0.15) is 0 Å². The fourth-order valence-electron chi connectivity index (χ4n) is 3.19. The van der Waals surface area contributed by atoms with Gasteiger partial charge in [0.05, 0.1) is 11.1 Å². The molecule has 4 rings (SSSR count). The molecular weight excluding hydrogens is 364 g/mol. The third-order valence-corrected chi connectivity index (χ3v) is 6.52. The molecule has 2 aromatic heterocycles. The van der Waals surface area contributed by atoms with Gasteiger partial charge in [0.15, 0.2) is 5.16 Å². The van der Waals surface area contributed by atoms with Gasteiger partial charge in [-0.05, 0) is 50.3 Å². The second-order valence-corrected chi connectivity index (χ2v) is 8.51. The second-order valence-electron chi connectivity index (χ2n) is 6.49. The van der Waals surface area contributed by atoms with E-state index in [4.69, 9.17) is 5.73 Å². The first-order chi connectivity index (χ1) is 12.6. The molecular formula is C19H20N4OS2. The van der Waals surface area contributed by atoms with E-state index in [0.29, 0.717) is 11.0 Å². The lowest BCUT2D eigenvalue weighted by atomic mass is 9.97. The Morgan fingerprint density at radius 1 is 1.23 bits per heavy atom. The van der Waals surface area contributed by atoms with Crippen LogP contribution < -0.4 is 11.1 Å². The lowest BCUT2D eigenvalue weighted by Gasteiger charge is -2.10. The van der Waals surface area contributed by atoms with Crippen molar-refractivity contribution in [1.82, 2.24) is 9.97 Å². The number of nitrogens with one attached hydrogen (secondary N) is 1. The van der Waals surface area contributed by atoms with Crippen molar-refractivity contribution in [3.63, 3.8) is 0 Å². The molecule has 0 saturated carbocycles. The number of fused-ring (bicyclic) bond motifs is 3. The number of hydrogen-bond acceptors (Lipinski definition) is 6. The zero-order valence-corrected chi connectivity index (χ0v) is 16.2. The van der Waals surface area contributed by atoms with Gasteiger partial charge < -0.3 is 11.1 Å². The number of thioether (sulfide) groups is 1. The molecule has 3 N–H and O–H groups in total. The Labute approximate surface area is 160 Å². The van der Waals surface area contributed by atoms with Crippen LogP contribution in [0.1, 0.15) is 28.8 Å². The number of nitrogens with zero attached hydrogens (tertiary/aromatic N) is 2. The largest absolute Gasteiger partial charge is 0.383 e. The summed E-state index contributed by atoms with van der Waals surface area (Å²) in [6.07, 6.45) is 4.60. The van der Waals surface area contributed by atoms with Crippen molar-refractivity contribution in [3.05, 3.63) is 40.3 Å². The molecule has 5 nitrogen and oxygen atoms in total. The minimum Gasteiger partial charge on any atom is -0.383 e. The summed E-state index contributed by atoms with van der Waals surface area (Å²) in [7, 11) is 0. The highest BCUT2D eigenvalue weighted by Crippen LogP contribution is 2.38. The van der Waals surface area contributed by atoms with Crippen molar-refractivity contribution in [2.45, 2.75) is 37.8 Å². The molecule has 0 bridgehead atoms. The van der Waals surface area contributed by atoms with Gasteiger partial charge in [-0.3, -0.25) is 4.79 Å². The van der Waals surface area contributed by atoms with E-state index in [1.807, 2.05) is 31.2 Å². The number of nitrogens with two attached hydrogens (primary N) is 1.